The summed E-state index contributed by atoms with van der Waals surface area (Å²) in [5.74, 6) is 1.35. The van der Waals surface area contributed by atoms with Gasteiger partial charge in [0.25, 0.3) is 0 Å². The molecule has 0 bridgehead atoms. The fraction of sp³-hybridized carbons (Fsp3) is 0.381. The number of benzene rings is 2. The van der Waals surface area contributed by atoms with Crippen LogP contribution >= 0.6 is 0 Å². The first kappa shape index (κ1) is 21.8. The van der Waals surface area contributed by atoms with E-state index in [0.29, 0.717) is 18.9 Å². The fourth-order valence-electron chi connectivity index (χ4n) is 2.78. The summed E-state index contributed by atoms with van der Waals surface area (Å²) in [7, 11) is -3.19. The third-order valence-electron chi connectivity index (χ3n) is 4.23. The van der Waals surface area contributed by atoms with Gasteiger partial charge in [-0.25, -0.2) is 13.4 Å². The first-order valence-electron chi connectivity index (χ1n) is 9.34. The lowest BCUT2D eigenvalue weighted by molar-refractivity contribution is 0.328. The molecule has 0 spiro atoms. The summed E-state index contributed by atoms with van der Waals surface area (Å²) in [6.07, 6.45) is 1.19. The molecule has 1 unspecified atom stereocenters. The van der Waals surface area contributed by atoms with E-state index in [1.807, 2.05) is 19.1 Å². The first-order chi connectivity index (χ1) is 13.3. The van der Waals surface area contributed by atoms with Crippen molar-refractivity contribution in [1.29, 1.82) is 0 Å². The summed E-state index contributed by atoms with van der Waals surface area (Å²) >= 11 is 0. The molecule has 0 aliphatic rings. The molecule has 0 heterocycles. The van der Waals surface area contributed by atoms with E-state index in [-0.39, 0.29) is 10.9 Å². The molecule has 0 saturated heterocycles. The van der Waals surface area contributed by atoms with Gasteiger partial charge in [-0.1, -0.05) is 24.3 Å². The maximum absolute atomic E-state index is 11.5. The zero-order chi connectivity index (χ0) is 20.6. The number of guanidine groups is 1. The number of hydrogen-bond donors (Lipinski definition) is 2. The summed E-state index contributed by atoms with van der Waals surface area (Å²) < 4.78 is 28.6. The van der Waals surface area contributed by atoms with Crippen molar-refractivity contribution in [2.45, 2.75) is 31.7 Å². The van der Waals surface area contributed by atoms with Gasteiger partial charge in [-0.15, -0.1) is 0 Å². The van der Waals surface area contributed by atoms with Crippen molar-refractivity contribution in [3.63, 3.8) is 0 Å². The van der Waals surface area contributed by atoms with Gasteiger partial charge in [-0.05, 0) is 56.2 Å². The van der Waals surface area contributed by atoms with Crippen molar-refractivity contribution in [3.8, 4) is 5.75 Å². The van der Waals surface area contributed by atoms with Crippen LogP contribution in [0.5, 0.6) is 5.75 Å². The van der Waals surface area contributed by atoms with Gasteiger partial charge in [-0.3, -0.25) is 0 Å². The second-order valence-electron chi connectivity index (χ2n) is 6.58. The van der Waals surface area contributed by atoms with Crippen molar-refractivity contribution in [2.75, 3.05) is 26.0 Å². The molecular formula is C21H29N3O3S. The highest BCUT2D eigenvalue weighted by Crippen LogP contribution is 2.17. The van der Waals surface area contributed by atoms with Gasteiger partial charge in [0.2, 0.25) is 0 Å². The van der Waals surface area contributed by atoms with Gasteiger partial charge in [0.05, 0.1) is 17.5 Å². The van der Waals surface area contributed by atoms with Crippen LogP contribution in [0.3, 0.4) is 0 Å². The van der Waals surface area contributed by atoms with Gasteiger partial charge >= 0.3 is 0 Å². The lowest BCUT2D eigenvalue weighted by Gasteiger charge is -2.19. The third kappa shape index (κ3) is 6.56. The van der Waals surface area contributed by atoms with E-state index in [0.717, 1.165) is 12.5 Å². The quantitative estimate of drug-likeness (QED) is 0.402. The van der Waals surface area contributed by atoms with Crippen LogP contribution in [0.2, 0.25) is 0 Å². The van der Waals surface area contributed by atoms with Crippen LogP contribution < -0.4 is 15.4 Å². The number of sulfone groups is 1. The van der Waals surface area contributed by atoms with Crippen molar-refractivity contribution in [2.24, 2.45) is 4.99 Å². The van der Waals surface area contributed by atoms with Crippen LogP contribution in [0.15, 0.2) is 58.4 Å². The van der Waals surface area contributed by atoms with Crippen molar-refractivity contribution in [1.82, 2.24) is 10.6 Å². The molecule has 0 aliphatic heterocycles. The summed E-state index contributed by atoms with van der Waals surface area (Å²) in [6.45, 7) is 7.86. The summed E-state index contributed by atoms with van der Waals surface area (Å²) in [4.78, 5) is 4.83. The molecule has 0 saturated carbocycles. The minimum atomic E-state index is -3.19. The highest BCUT2D eigenvalue weighted by atomic mass is 32.2. The Kier molecular flexibility index (Phi) is 7.87. The molecule has 0 radical (unpaired) electrons. The standard InChI is InChI=1S/C21H29N3O3S/c1-5-22-21(24-17(3)20-9-7-6-8-16(20)2)23-14-15-27-18-10-12-19(13-11-18)28(4,25)26/h6-13,17H,5,14-15H2,1-4H3,(H2,22,23,24). The average Bonchev–Trinajstić information content (AvgIpc) is 2.65. The van der Waals surface area contributed by atoms with Crippen molar-refractivity contribution in [3.05, 3.63) is 59.7 Å². The molecule has 28 heavy (non-hydrogen) atoms. The Bertz CT molecular complexity index is 893. The van der Waals surface area contributed by atoms with Crippen molar-refractivity contribution >= 4 is 15.8 Å². The number of aryl methyl sites for hydroxylation is 1. The third-order valence-corrected chi connectivity index (χ3v) is 5.36. The van der Waals surface area contributed by atoms with Gasteiger partial charge in [0.15, 0.2) is 15.8 Å². The first-order valence-corrected chi connectivity index (χ1v) is 11.2. The predicted molar refractivity (Wildman–Crippen MR) is 114 cm³/mol. The van der Waals surface area contributed by atoms with Gasteiger partial charge in [0.1, 0.15) is 12.4 Å². The SMILES string of the molecule is CCNC(=NCCOc1ccc(S(C)(=O)=O)cc1)NC(C)c1ccccc1C. The monoisotopic (exact) mass is 403 g/mol. The molecule has 2 rings (SSSR count). The molecule has 152 valence electrons. The summed E-state index contributed by atoms with van der Waals surface area (Å²) in [5, 5.41) is 6.66. The number of rotatable bonds is 8. The summed E-state index contributed by atoms with van der Waals surface area (Å²) in [5.41, 5.74) is 2.47. The Labute approximate surface area is 168 Å². The van der Waals surface area contributed by atoms with Crippen LogP contribution in [0, 0.1) is 6.92 Å². The Morgan fingerprint density at radius 1 is 1.14 bits per heavy atom. The van der Waals surface area contributed by atoms with Gasteiger partial charge < -0.3 is 15.4 Å². The molecular weight excluding hydrogens is 374 g/mol. The maximum Gasteiger partial charge on any atom is 0.191 e. The van der Waals surface area contributed by atoms with Crippen LogP contribution in [0.1, 0.15) is 31.0 Å². The number of aliphatic imine (C=N–C) groups is 1. The zero-order valence-electron chi connectivity index (χ0n) is 16.9. The predicted octanol–water partition coefficient (Wildman–Crippen LogP) is 3.09. The number of nitrogens with one attached hydrogen (secondary N) is 2. The topological polar surface area (TPSA) is 79.8 Å². The minimum absolute atomic E-state index is 0.128. The second-order valence-corrected chi connectivity index (χ2v) is 8.59. The lowest BCUT2D eigenvalue weighted by Crippen LogP contribution is -2.39. The van der Waals surface area contributed by atoms with E-state index in [1.54, 1.807) is 24.3 Å². The molecule has 2 aromatic carbocycles. The Morgan fingerprint density at radius 3 is 2.43 bits per heavy atom. The molecule has 7 heteroatoms. The molecule has 2 aromatic rings. The molecule has 6 nitrogen and oxygen atoms in total. The van der Waals surface area contributed by atoms with Crippen LogP contribution in [0.25, 0.3) is 0 Å². The highest BCUT2D eigenvalue weighted by molar-refractivity contribution is 7.90. The van der Waals surface area contributed by atoms with Crippen molar-refractivity contribution < 1.29 is 13.2 Å². The zero-order valence-corrected chi connectivity index (χ0v) is 17.7. The number of hydrogen-bond acceptors (Lipinski definition) is 4. The second kappa shape index (κ2) is 10.1. The number of nitrogens with zero attached hydrogens (tertiary/aromatic N) is 1. The summed E-state index contributed by atoms with van der Waals surface area (Å²) in [6, 6.07) is 14.8. The van der Waals surface area contributed by atoms with Gasteiger partial charge in [-0.2, -0.15) is 0 Å². The smallest absolute Gasteiger partial charge is 0.191 e. The Morgan fingerprint density at radius 2 is 1.82 bits per heavy atom. The number of ether oxygens (including phenoxy) is 1. The normalized spacial score (nSPS) is 13.1. The molecule has 2 N–H and O–H groups in total. The van der Waals surface area contributed by atoms with Crippen LogP contribution in [0.4, 0.5) is 0 Å². The van der Waals surface area contributed by atoms with E-state index >= 15 is 0 Å². The average molecular weight is 404 g/mol. The lowest BCUT2D eigenvalue weighted by atomic mass is 10.0. The largest absolute Gasteiger partial charge is 0.492 e. The van der Waals surface area contributed by atoms with E-state index < -0.39 is 9.84 Å². The Hall–Kier alpha value is -2.54. The molecule has 1 atom stereocenters. The fourth-order valence-corrected chi connectivity index (χ4v) is 3.41. The van der Waals surface area contributed by atoms with E-state index in [4.69, 9.17) is 4.74 Å². The molecule has 0 amide bonds. The van der Waals surface area contributed by atoms with Crippen LogP contribution in [-0.2, 0) is 9.84 Å². The molecule has 0 aromatic heterocycles. The minimum Gasteiger partial charge on any atom is -0.492 e. The highest BCUT2D eigenvalue weighted by Gasteiger charge is 2.10. The Balaban J connectivity index is 1.91. The van der Waals surface area contributed by atoms with E-state index in [9.17, 15) is 8.42 Å². The van der Waals surface area contributed by atoms with E-state index in [2.05, 4.69) is 41.6 Å². The van der Waals surface area contributed by atoms with E-state index in [1.165, 1.54) is 17.4 Å². The maximum atomic E-state index is 11.5. The molecule has 0 fully saturated rings. The van der Waals surface area contributed by atoms with Crippen LogP contribution in [-0.4, -0.2) is 40.3 Å². The van der Waals surface area contributed by atoms with Gasteiger partial charge in [0, 0.05) is 12.8 Å². The molecule has 0 aliphatic carbocycles.